The third-order valence-corrected chi connectivity index (χ3v) is 1.90. The van der Waals surface area contributed by atoms with Crippen LogP contribution in [0, 0.1) is 0 Å². The maximum atomic E-state index is 2.29. The second-order valence-corrected chi connectivity index (χ2v) is 4.19. The third kappa shape index (κ3) is 26.4. The highest BCUT2D eigenvalue weighted by Crippen LogP contribution is 2.21. The van der Waals surface area contributed by atoms with E-state index in [9.17, 15) is 0 Å². The average molecular weight is 269 g/mol. The van der Waals surface area contributed by atoms with Gasteiger partial charge in [-0.1, -0.05) is 6.92 Å². The molecule has 1 nitrogen and oxygen atoms in total. The number of halogens is 2. The van der Waals surface area contributed by atoms with Crippen LogP contribution in [-0.4, -0.2) is 19.5 Å². The molecule has 0 atom stereocenters. The number of hydrogen-bond donors (Lipinski definition) is 1. The van der Waals surface area contributed by atoms with Crippen LogP contribution in [0.5, 0.6) is 0 Å². The van der Waals surface area contributed by atoms with Crippen LogP contribution in [0.2, 0.25) is 0 Å². The Bertz CT molecular complexity index is 28.0. The van der Waals surface area contributed by atoms with E-state index in [1.807, 2.05) is 0 Å². The Kier molecular flexibility index (Phi) is 44.9. The van der Waals surface area contributed by atoms with Crippen LogP contribution < -0.4 is 6.15 Å². The van der Waals surface area contributed by atoms with E-state index in [0.717, 1.165) is 0 Å². The van der Waals surface area contributed by atoms with E-state index in [1.54, 1.807) is 0 Å². The monoisotopic (exact) mass is 267 g/mol. The molecule has 0 aromatic rings. The van der Waals surface area contributed by atoms with E-state index >= 15 is 0 Å². The molecule has 0 fully saturated rings. The standard InChI is InChI=1S/C4H11P.2BrH.H3N/c1-4-5(2)3;;;/h4H2,1-3H3;2*1H;1H3. The van der Waals surface area contributed by atoms with Gasteiger partial charge >= 0.3 is 0 Å². The molecule has 0 saturated heterocycles. The molecule has 0 heterocycles. The Hall–Kier alpha value is 1.35. The van der Waals surface area contributed by atoms with E-state index < -0.39 is 0 Å². The van der Waals surface area contributed by atoms with Crippen molar-refractivity contribution in [1.82, 2.24) is 6.15 Å². The van der Waals surface area contributed by atoms with Gasteiger partial charge < -0.3 is 6.15 Å². The Balaban J connectivity index is -0.0000000267. The first-order valence-electron chi connectivity index (χ1n) is 1.92. The lowest BCUT2D eigenvalue weighted by Gasteiger charge is -1.92. The van der Waals surface area contributed by atoms with Crippen LogP contribution in [0.4, 0.5) is 0 Å². The second kappa shape index (κ2) is 15.8. The summed E-state index contributed by atoms with van der Waals surface area (Å²) in [6.45, 7) is 6.80. The quantitative estimate of drug-likeness (QED) is 0.729. The minimum absolute atomic E-state index is 0. The zero-order valence-electron chi connectivity index (χ0n) is 5.68. The highest BCUT2D eigenvalue weighted by molar-refractivity contribution is 8.93. The molecule has 0 amide bonds. The van der Waals surface area contributed by atoms with Crippen LogP contribution in [0.25, 0.3) is 0 Å². The molecular weight excluding hydrogens is 253 g/mol. The van der Waals surface area contributed by atoms with Crippen molar-refractivity contribution < 1.29 is 0 Å². The smallest absolute Gasteiger partial charge is 0.0359 e. The van der Waals surface area contributed by atoms with E-state index in [2.05, 4.69) is 20.3 Å². The molecule has 3 N–H and O–H groups in total. The van der Waals surface area contributed by atoms with Crippen LogP contribution in [0.3, 0.4) is 0 Å². The molecule has 56 valence electrons. The van der Waals surface area contributed by atoms with Gasteiger partial charge in [-0.25, -0.2) is 0 Å². The Labute approximate surface area is 74.5 Å². The summed E-state index contributed by atoms with van der Waals surface area (Å²) in [7, 11) is 0.402. The van der Waals surface area contributed by atoms with Crippen LogP contribution in [0.1, 0.15) is 6.92 Å². The zero-order chi connectivity index (χ0) is 4.28. The van der Waals surface area contributed by atoms with Gasteiger partial charge in [-0.3, -0.25) is 0 Å². The van der Waals surface area contributed by atoms with E-state index in [1.165, 1.54) is 6.16 Å². The lowest BCUT2D eigenvalue weighted by atomic mass is 11.0. The summed E-state index contributed by atoms with van der Waals surface area (Å²) in [5, 5.41) is 0. The highest BCUT2D eigenvalue weighted by atomic mass is 79.9. The van der Waals surface area contributed by atoms with Gasteiger partial charge in [0.15, 0.2) is 0 Å². The van der Waals surface area contributed by atoms with Crippen molar-refractivity contribution in [2.45, 2.75) is 6.92 Å². The van der Waals surface area contributed by atoms with Gasteiger partial charge in [-0.15, -0.1) is 41.9 Å². The molecule has 0 aliphatic heterocycles. The third-order valence-electron chi connectivity index (χ3n) is 0.632. The summed E-state index contributed by atoms with van der Waals surface area (Å²) in [6, 6.07) is 0. The predicted octanol–water partition coefficient (Wildman–Crippen LogP) is 3.07. The fraction of sp³-hybridized carbons (Fsp3) is 1.00. The Morgan fingerprint density at radius 2 is 1.25 bits per heavy atom. The first-order chi connectivity index (χ1) is 2.27. The second-order valence-electron chi connectivity index (χ2n) is 1.40. The van der Waals surface area contributed by atoms with Gasteiger partial charge in [-0.2, -0.15) is 0 Å². The zero-order valence-corrected chi connectivity index (χ0v) is 10.00. The molecule has 0 bridgehead atoms. The maximum absolute atomic E-state index is 2.29. The van der Waals surface area contributed by atoms with Crippen molar-refractivity contribution in [2.24, 2.45) is 0 Å². The van der Waals surface area contributed by atoms with E-state index in [4.69, 9.17) is 0 Å². The van der Waals surface area contributed by atoms with Crippen molar-refractivity contribution in [3.63, 3.8) is 0 Å². The molecule has 0 rings (SSSR count). The lowest BCUT2D eigenvalue weighted by molar-refractivity contribution is 1.50. The summed E-state index contributed by atoms with van der Waals surface area (Å²) in [6.07, 6.45) is 1.37. The van der Waals surface area contributed by atoms with Crippen molar-refractivity contribution in [3.8, 4) is 0 Å². The van der Waals surface area contributed by atoms with Gasteiger partial charge in [0.1, 0.15) is 0 Å². The predicted molar refractivity (Wildman–Crippen MR) is 55.0 cm³/mol. The van der Waals surface area contributed by atoms with E-state index in [-0.39, 0.29) is 40.1 Å². The molecule has 8 heavy (non-hydrogen) atoms. The van der Waals surface area contributed by atoms with Crippen molar-refractivity contribution in [3.05, 3.63) is 0 Å². The minimum Gasteiger partial charge on any atom is -0.344 e. The summed E-state index contributed by atoms with van der Waals surface area (Å²) in [5.74, 6) is 0. The summed E-state index contributed by atoms with van der Waals surface area (Å²) in [4.78, 5) is 0. The molecule has 0 unspecified atom stereocenters. The normalized spacial score (nSPS) is 6.00. The van der Waals surface area contributed by atoms with Crippen molar-refractivity contribution in [2.75, 3.05) is 19.5 Å². The molecule has 4 heteroatoms. The molecule has 0 spiro atoms. The van der Waals surface area contributed by atoms with Crippen molar-refractivity contribution in [1.29, 1.82) is 0 Å². The first kappa shape index (κ1) is 22.8. The molecule has 0 aliphatic carbocycles. The topological polar surface area (TPSA) is 35.0 Å². The Morgan fingerprint density at radius 3 is 1.25 bits per heavy atom. The first-order valence-corrected chi connectivity index (χ1v) is 4.34. The maximum Gasteiger partial charge on any atom is -0.0359 e. The van der Waals surface area contributed by atoms with Gasteiger partial charge in [0.05, 0.1) is 0 Å². The molecule has 0 aromatic heterocycles. The van der Waals surface area contributed by atoms with Gasteiger partial charge in [0.25, 0.3) is 0 Å². The summed E-state index contributed by atoms with van der Waals surface area (Å²) >= 11 is 0. The van der Waals surface area contributed by atoms with Crippen LogP contribution in [0.15, 0.2) is 0 Å². The molecule has 0 radical (unpaired) electrons. The fourth-order valence-electron chi connectivity index (χ4n) is 0. The molecular formula is C4H16Br2NP. The largest absolute Gasteiger partial charge is 0.344 e. The van der Waals surface area contributed by atoms with Crippen molar-refractivity contribution >= 4 is 41.9 Å². The van der Waals surface area contributed by atoms with E-state index in [0.29, 0.717) is 7.92 Å². The van der Waals surface area contributed by atoms with Gasteiger partial charge in [0.2, 0.25) is 0 Å². The molecule has 0 aromatic carbocycles. The summed E-state index contributed by atoms with van der Waals surface area (Å²) < 4.78 is 0. The minimum atomic E-state index is 0. The fourth-order valence-corrected chi connectivity index (χ4v) is 0. The van der Waals surface area contributed by atoms with Gasteiger partial charge in [0, 0.05) is 0 Å². The lowest BCUT2D eigenvalue weighted by Crippen LogP contribution is -1.65. The average Bonchev–Trinajstić information content (AvgIpc) is 1.38. The number of rotatable bonds is 1. The van der Waals surface area contributed by atoms with Crippen LogP contribution >= 0.6 is 41.9 Å². The molecule has 0 aliphatic rings. The van der Waals surface area contributed by atoms with Gasteiger partial charge in [-0.05, 0) is 19.5 Å². The SMILES string of the molecule is Br.Br.CCP(C)C.N. The summed E-state index contributed by atoms with van der Waals surface area (Å²) in [5.41, 5.74) is 0. The Morgan fingerprint density at radius 1 is 1.12 bits per heavy atom. The molecule has 0 saturated carbocycles. The highest BCUT2D eigenvalue weighted by Gasteiger charge is 1.78. The number of hydrogen-bond acceptors (Lipinski definition) is 1. The van der Waals surface area contributed by atoms with Crippen LogP contribution in [-0.2, 0) is 0 Å².